The molecule has 0 radical (unpaired) electrons. The third kappa shape index (κ3) is 3.76. The number of hydrogen-bond acceptors (Lipinski definition) is 4. The number of ether oxygens (including phenoxy) is 1. The maximum atomic E-state index is 11.8. The van der Waals surface area contributed by atoms with Crippen molar-refractivity contribution < 1.29 is 9.53 Å². The van der Waals surface area contributed by atoms with Crippen LogP contribution in [0.3, 0.4) is 0 Å². The van der Waals surface area contributed by atoms with Crippen molar-refractivity contribution in [3.8, 4) is 5.75 Å². The molecule has 2 heterocycles. The number of para-hydroxylation sites is 1. The number of carbonyl (C=O) groups excluding carboxylic acids is 1. The van der Waals surface area contributed by atoms with E-state index in [-0.39, 0.29) is 18.1 Å². The fourth-order valence-corrected chi connectivity index (χ4v) is 3.09. The highest BCUT2D eigenvalue weighted by Gasteiger charge is 2.37. The topological polar surface area (TPSA) is 73.4 Å². The van der Waals surface area contributed by atoms with Crippen molar-refractivity contribution in [3.05, 3.63) is 48.3 Å². The zero-order chi connectivity index (χ0) is 17.1. The highest BCUT2D eigenvalue weighted by molar-refractivity contribution is 5.80. The standard InChI is InChI=1S/C18H24N4O2/c1-13(2)22-11-14(9-20-22)10-21-12-16(8-17(21)18(19)23)24-15-6-4-3-5-7-15/h3-7,9,11,13,16-17H,8,10,12H2,1-2H3,(H2,19,23)/t16-,17-/m0/s1. The number of carbonyl (C=O) groups is 1. The molecule has 1 aliphatic heterocycles. The first-order valence-electron chi connectivity index (χ1n) is 8.31. The molecule has 6 heteroatoms. The Morgan fingerprint density at radius 3 is 2.75 bits per heavy atom. The highest BCUT2D eigenvalue weighted by atomic mass is 16.5. The van der Waals surface area contributed by atoms with Crippen LogP contribution in [0.5, 0.6) is 5.75 Å². The zero-order valence-corrected chi connectivity index (χ0v) is 14.1. The van der Waals surface area contributed by atoms with E-state index >= 15 is 0 Å². The first-order chi connectivity index (χ1) is 11.5. The Hall–Kier alpha value is -2.34. The smallest absolute Gasteiger partial charge is 0.234 e. The number of likely N-dealkylation sites (tertiary alicyclic amines) is 1. The van der Waals surface area contributed by atoms with E-state index in [4.69, 9.17) is 10.5 Å². The van der Waals surface area contributed by atoms with Gasteiger partial charge in [0.15, 0.2) is 0 Å². The molecular formula is C18H24N4O2. The van der Waals surface area contributed by atoms with Crippen LogP contribution in [0.1, 0.15) is 31.9 Å². The van der Waals surface area contributed by atoms with Crippen molar-refractivity contribution in [2.45, 2.75) is 45.0 Å². The van der Waals surface area contributed by atoms with Gasteiger partial charge in [-0.2, -0.15) is 5.10 Å². The van der Waals surface area contributed by atoms with Crippen LogP contribution in [-0.4, -0.2) is 39.3 Å². The monoisotopic (exact) mass is 328 g/mol. The molecule has 1 aromatic heterocycles. The molecule has 1 aliphatic rings. The van der Waals surface area contributed by atoms with E-state index in [0.717, 1.165) is 11.3 Å². The van der Waals surface area contributed by atoms with Crippen molar-refractivity contribution in [2.24, 2.45) is 5.73 Å². The van der Waals surface area contributed by atoms with Crippen LogP contribution in [0.4, 0.5) is 0 Å². The third-order valence-corrected chi connectivity index (χ3v) is 4.31. The summed E-state index contributed by atoms with van der Waals surface area (Å²) in [5.41, 5.74) is 6.67. The lowest BCUT2D eigenvalue weighted by molar-refractivity contribution is -0.122. The lowest BCUT2D eigenvalue weighted by Gasteiger charge is -2.20. The largest absolute Gasteiger partial charge is 0.489 e. The zero-order valence-electron chi connectivity index (χ0n) is 14.1. The maximum Gasteiger partial charge on any atom is 0.234 e. The Labute approximate surface area is 142 Å². The average molecular weight is 328 g/mol. The van der Waals surface area contributed by atoms with Crippen molar-refractivity contribution in [3.63, 3.8) is 0 Å². The second-order valence-electron chi connectivity index (χ2n) is 6.56. The van der Waals surface area contributed by atoms with Crippen molar-refractivity contribution in [1.82, 2.24) is 14.7 Å². The second kappa shape index (κ2) is 7.05. The van der Waals surface area contributed by atoms with Gasteiger partial charge in [-0.25, -0.2) is 0 Å². The highest BCUT2D eigenvalue weighted by Crippen LogP contribution is 2.24. The molecular weight excluding hydrogens is 304 g/mol. The molecule has 1 saturated heterocycles. The molecule has 2 aromatic rings. The minimum atomic E-state index is -0.305. The van der Waals surface area contributed by atoms with Gasteiger partial charge in [0.1, 0.15) is 11.9 Å². The normalized spacial score (nSPS) is 21.3. The molecule has 0 saturated carbocycles. The Balaban J connectivity index is 1.67. The first-order valence-corrected chi connectivity index (χ1v) is 8.31. The molecule has 1 aromatic carbocycles. The van der Waals surface area contributed by atoms with Gasteiger partial charge in [0, 0.05) is 37.3 Å². The molecule has 3 rings (SSSR count). The van der Waals surface area contributed by atoms with Crippen LogP contribution < -0.4 is 10.5 Å². The molecule has 2 N–H and O–H groups in total. The van der Waals surface area contributed by atoms with Crippen LogP contribution in [-0.2, 0) is 11.3 Å². The number of nitrogens with zero attached hydrogens (tertiary/aromatic N) is 3. The van der Waals surface area contributed by atoms with Gasteiger partial charge in [0.2, 0.25) is 5.91 Å². The SMILES string of the molecule is CC(C)n1cc(CN2C[C@@H](Oc3ccccc3)C[C@H]2C(N)=O)cn1. The molecule has 2 atom stereocenters. The van der Waals surface area contributed by atoms with Crippen molar-refractivity contribution in [2.75, 3.05) is 6.54 Å². The molecule has 0 bridgehead atoms. The average Bonchev–Trinajstić information content (AvgIpc) is 3.16. The van der Waals surface area contributed by atoms with Gasteiger partial charge in [0.05, 0.1) is 12.2 Å². The van der Waals surface area contributed by atoms with Gasteiger partial charge < -0.3 is 10.5 Å². The molecule has 0 aliphatic carbocycles. The molecule has 24 heavy (non-hydrogen) atoms. The summed E-state index contributed by atoms with van der Waals surface area (Å²) in [7, 11) is 0. The van der Waals surface area contributed by atoms with Crippen LogP contribution in [0.2, 0.25) is 0 Å². The molecule has 0 spiro atoms. The molecule has 0 unspecified atom stereocenters. The Morgan fingerprint density at radius 1 is 1.38 bits per heavy atom. The quantitative estimate of drug-likeness (QED) is 0.880. The van der Waals surface area contributed by atoms with Gasteiger partial charge in [-0.15, -0.1) is 0 Å². The van der Waals surface area contributed by atoms with Crippen LogP contribution in [0.15, 0.2) is 42.7 Å². The minimum absolute atomic E-state index is 0.0370. The van der Waals surface area contributed by atoms with E-state index in [9.17, 15) is 4.79 Å². The second-order valence-corrected chi connectivity index (χ2v) is 6.56. The van der Waals surface area contributed by atoms with E-state index in [1.54, 1.807) is 0 Å². The molecule has 1 fully saturated rings. The van der Waals surface area contributed by atoms with Gasteiger partial charge in [-0.05, 0) is 26.0 Å². The first kappa shape index (κ1) is 16.5. The number of nitrogens with two attached hydrogens (primary N) is 1. The predicted octanol–water partition coefficient (Wildman–Crippen LogP) is 1.97. The number of aromatic nitrogens is 2. The summed E-state index contributed by atoms with van der Waals surface area (Å²) in [6, 6.07) is 9.69. The van der Waals surface area contributed by atoms with E-state index < -0.39 is 0 Å². The number of hydrogen-bond donors (Lipinski definition) is 1. The number of rotatable bonds is 6. The summed E-state index contributed by atoms with van der Waals surface area (Å²) in [4.78, 5) is 13.9. The summed E-state index contributed by atoms with van der Waals surface area (Å²) in [5.74, 6) is 0.519. The Morgan fingerprint density at radius 2 is 2.12 bits per heavy atom. The Bertz CT molecular complexity index is 683. The minimum Gasteiger partial charge on any atom is -0.489 e. The lowest BCUT2D eigenvalue weighted by Crippen LogP contribution is -2.39. The van der Waals surface area contributed by atoms with Gasteiger partial charge >= 0.3 is 0 Å². The Kier molecular flexibility index (Phi) is 4.85. The summed E-state index contributed by atoms with van der Waals surface area (Å²) >= 11 is 0. The molecule has 1 amide bonds. The summed E-state index contributed by atoms with van der Waals surface area (Å²) in [6.07, 6.45) is 4.45. The fourth-order valence-electron chi connectivity index (χ4n) is 3.09. The van der Waals surface area contributed by atoms with Crippen LogP contribution >= 0.6 is 0 Å². The number of primary amides is 1. The summed E-state index contributed by atoms with van der Waals surface area (Å²) in [6.45, 7) is 5.50. The van der Waals surface area contributed by atoms with Crippen molar-refractivity contribution in [1.29, 1.82) is 0 Å². The summed E-state index contributed by atoms with van der Waals surface area (Å²) in [5, 5.41) is 4.36. The van der Waals surface area contributed by atoms with Gasteiger partial charge in [-0.1, -0.05) is 18.2 Å². The molecule has 6 nitrogen and oxygen atoms in total. The fraction of sp³-hybridized carbons (Fsp3) is 0.444. The number of amides is 1. The van der Waals surface area contributed by atoms with E-state index in [0.29, 0.717) is 25.6 Å². The third-order valence-electron chi connectivity index (χ3n) is 4.31. The van der Waals surface area contributed by atoms with Crippen LogP contribution in [0, 0.1) is 0 Å². The van der Waals surface area contributed by atoms with Gasteiger partial charge in [-0.3, -0.25) is 14.4 Å². The lowest BCUT2D eigenvalue weighted by atomic mass is 10.2. The van der Waals surface area contributed by atoms with E-state index in [1.807, 2.05) is 47.4 Å². The van der Waals surface area contributed by atoms with E-state index in [2.05, 4.69) is 23.8 Å². The number of benzene rings is 1. The van der Waals surface area contributed by atoms with Gasteiger partial charge in [0.25, 0.3) is 0 Å². The summed E-state index contributed by atoms with van der Waals surface area (Å²) < 4.78 is 7.92. The van der Waals surface area contributed by atoms with Crippen LogP contribution in [0.25, 0.3) is 0 Å². The van der Waals surface area contributed by atoms with E-state index in [1.165, 1.54) is 0 Å². The maximum absolute atomic E-state index is 11.8. The molecule has 128 valence electrons. The predicted molar refractivity (Wildman–Crippen MR) is 91.5 cm³/mol. The van der Waals surface area contributed by atoms with Crippen molar-refractivity contribution >= 4 is 5.91 Å².